The Morgan fingerprint density at radius 3 is 2.68 bits per heavy atom. The van der Waals surface area contributed by atoms with Gasteiger partial charge in [0.05, 0.1) is 32.5 Å². The van der Waals surface area contributed by atoms with Gasteiger partial charge in [-0.2, -0.15) is 0 Å². The van der Waals surface area contributed by atoms with E-state index in [9.17, 15) is 9.18 Å². The van der Waals surface area contributed by atoms with Crippen molar-refractivity contribution in [2.75, 3.05) is 38.7 Å². The summed E-state index contributed by atoms with van der Waals surface area (Å²) in [7, 11) is 1.71. The number of hydrogen-bond acceptors (Lipinski definition) is 3. The first-order valence-corrected chi connectivity index (χ1v) is 8.19. The van der Waals surface area contributed by atoms with Gasteiger partial charge < -0.3 is 19.7 Å². The first-order chi connectivity index (χ1) is 12.1. The summed E-state index contributed by atoms with van der Waals surface area (Å²) in [6.45, 7) is 2.09. The predicted octanol–water partition coefficient (Wildman–Crippen LogP) is 3.37. The fourth-order valence-corrected chi connectivity index (χ4v) is 2.69. The number of likely N-dealkylation sites (N-methyl/N-ethyl adjacent to an activating group) is 1. The summed E-state index contributed by atoms with van der Waals surface area (Å²) >= 11 is 0. The minimum Gasteiger partial charge on any atom is -0.376 e. The number of halogens is 1. The number of nitrogens with zero attached hydrogens (tertiary/aromatic N) is 1. The lowest BCUT2D eigenvalue weighted by Crippen LogP contribution is -2.42. The molecular weight excluding hydrogens is 323 g/mol. The molecule has 0 aliphatic carbocycles. The van der Waals surface area contributed by atoms with E-state index >= 15 is 0 Å². The molecule has 2 amide bonds. The zero-order valence-electron chi connectivity index (χ0n) is 14.1. The standard InChI is InChI=1S/C19H21FN2O3/c1-22(12-18-13-24-8-9-25-18)19(23)21-17-7-3-5-15(11-17)14-4-2-6-16(20)10-14/h2-7,10-11,18H,8-9,12-13H2,1H3,(H,21,23)/t18-/m0/s1. The molecule has 0 bridgehead atoms. The summed E-state index contributed by atoms with van der Waals surface area (Å²) in [5.74, 6) is -0.290. The van der Waals surface area contributed by atoms with Crippen LogP contribution in [0.2, 0.25) is 0 Å². The van der Waals surface area contributed by atoms with E-state index in [0.29, 0.717) is 32.1 Å². The van der Waals surface area contributed by atoms with Gasteiger partial charge in [-0.15, -0.1) is 0 Å². The van der Waals surface area contributed by atoms with E-state index in [4.69, 9.17) is 9.47 Å². The van der Waals surface area contributed by atoms with Gasteiger partial charge in [0.15, 0.2) is 0 Å². The predicted molar refractivity (Wildman–Crippen MR) is 94.0 cm³/mol. The Hall–Kier alpha value is -2.44. The van der Waals surface area contributed by atoms with Gasteiger partial charge in [-0.1, -0.05) is 24.3 Å². The Kier molecular flexibility index (Phi) is 5.63. The summed E-state index contributed by atoms with van der Waals surface area (Å²) in [6, 6.07) is 13.5. The molecular formula is C19H21FN2O3. The molecule has 1 fully saturated rings. The van der Waals surface area contributed by atoms with Crippen LogP contribution < -0.4 is 5.32 Å². The van der Waals surface area contributed by atoms with Crippen LogP contribution in [0.1, 0.15) is 0 Å². The van der Waals surface area contributed by atoms with Crippen LogP contribution in [-0.2, 0) is 9.47 Å². The maximum Gasteiger partial charge on any atom is 0.321 e. The Labute approximate surface area is 146 Å². The van der Waals surface area contributed by atoms with Crippen LogP contribution in [0.3, 0.4) is 0 Å². The van der Waals surface area contributed by atoms with Crippen LogP contribution in [0.5, 0.6) is 0 Å². The Bertz CT molecular complexity index is 732. The minimum atomic E-state index is -0.290. The first-order valence-electron chi connectivity index (χ1n) is 8.19. The number of amides is 2. The fraction of sp³-hybridized carbons (Fsp3) is 0.316. The van der Waals surface area contributed by atoms with Crippen molar-refractivity contribution in [2.24, 2.45) is 0 Å². The van der Waals surface area contributed by atoms with Crippen molar-refractivity contribution in [3.8, 4) is 11.1 Å². The lowest BCUT2D eigenvalue weighted by molar-refractivity contribution is -0.0925. The number of carbonyl (C=O) groups excluding carboxylic acids is 1. The number of rotatable bonds is 4. The normalized spacial score (nSPS) is 17.1. The highest BCUT2D eigenvalue weighted by atomic mass is 19.1. The maximum atomic E-state index is 13.4. The molecule has 6 heteroatoms. The van der Waals surface area contributed by atoms with Gasteiger partial charge in [-0.25, -0.2) is 9.18 Å². The molecule has 132 valence electrons. The van der Waals surface area contributed by atoms with Crippen LogP contribution in [0.15, 0.2) is 48.5 Å². The number of nitrogens with one attached hydrogen (secondary N) is 1. The third-order valence-corrected chi connectivity index (χ3v) is 3.98. The summed E-state index contributed by atoms with van der Waals surface area (Å²) < 4.78 is 24.3. The van der Waals surface area contributed by atoms with Crippen molar-refractivity contribution >= 4 is 11.7 Å². The molecule has 2 aromatic rings. The van der Waals surface area contributed by atoms with E-state index in [0.717, 1.165) is 11.1 Å². The van der Waals surface area contributed by atoms with Gasteiger partial charge >= 0.3 is 6.03 Å². The third kappa shape index (κ3) is 4.78. The first kappa shape index (κ1) is 17.4. The van der Waals surface area contributed by atoms with E-state index in [1.165, 1.54) is 12.1 Å². The number of ether oxygens (including phenoxy) is 2. The zero-order chi connectivity index (χ0) is 17.6. The molecule has 0 radical (unpaired) electrons. The quantitative estimate of drug-likeness (QED) is 0.925. The zero-order valence-corrected chi connectivity index (χ0v) is 14.1. The monoisotopic (exact) mass is 344 g/mol. The fourth-order valence-electron chi connectivity index (χ4n) is 2.69. The Morgan fingerprint density at radius 1 is 1.20 bits per heavy atom. The van der Waals surface area contributed by atoms with Crippen molar-refractivity contribution in [1.82, 2.24) is 4.90 Å². The second kappa shape index (κ2) is 8.09. The molecule has 3 rings (SSSR count). The van der Waals surface area contributed by atoms with Crippen molar-refractivity contribution < 1.29 is 18.7 Å². The molecule has 1 aliphatic heterocycles. The van der Waals surface area contributed by atoms with Gasteiger partial charge in [0.2, 0.25) is 0 Å². The number of urea groups is 1. The average molecular weight is 344 g/mol. The molecule has 25 heavy (non-hydrogen) atoms. The number of hydrogen-bond donors (Lipinski definition) is 1. The highest BCUT2D eigenvalue weighted by Crippen LogP contribution is 2.23. The third-order valence-electron chi connectivity index (χ3n) is 3.98. The topological polar surface area (TPSA) is 50.8 Å². The Balaban J connectivity index is 1.64. The molecule has 0 saturated carbocycles. The summed E-state index contributed by atoms with van der Waals surface area (Å²) in [5, 5.41) is 2.85. The highest BCUT2D eigenvalue weighted by molar-refractivity contribution is 5.90. The van der Waals surface area contributed by atoms with E-state index < -0.39 is 0 Å². The molecule has 1 atom stereocenters. The number of benzene rings is 2. The van der Waals surface area contributed by atoms with Crippen molar-refractivity contribution in [2.45, 2.75) is 6.10 Å². The van der Waals surface area contributed by atoms with Crippen LogP contribution in [-0.4, -0.2) is 50.4 Å². The van der Waals surface area contributed by atoms with E-state index in [2.05, 4.69) is 5.32 Å². The van der Waals surface area contributed by atoms with Crippen LogP contribution in [0, 0.1) is 5.82 Å². The second-order valence-corrected chi connectivity index (χ2v) is 5.97. The second-order valence-electron chi connectivity index (χ2n) is 5.97. The number of anilines is 1. The number of carbonyl (C=O) groups is 1. The average Bonchev–Trinajstić information content (AvgIpc) is 2.63. The van der Waals surface area contributed by atoms with Gasteiger partial charge in [0, 0.05) is 12.7 Å². The largest absolute Gasteiger partial charge is 0.376 e. The van der Waals surface area contributed by atoms with Gasteiger partial charge in [0.1, 0.15) is 5.82 Å². The van der Waals surface area contributed by atoms with Crippen molar-refractivity contribution in [3.05, 3.63) is 54.3 Å². The minimum absolute atomic E-state index is 0.108. The van der Waals surface area contributed by atoms with Gasteiger partial charge in [-0.3, -0.25) is 0 Å². The highest BCUT2D eigenvalue weighted by Gasteiger charge is 2.19. The van der Waals surface area contributed by atoms with E-state index in [1.807, 2.05) is 24.3 Å². The summed E-state index contributed by atoms with van der Waals surface area (Å²) in [5.41, 5.74) is 2.25. The lowest BCUT2D eigenvalue weighted by Gasteiger charge is -2.27. The lowest BCUT2D eigenvalue weighted by atomic mass is 10.1. The summed E-state index contributed by atoms with van der Waals surface area (Å²) in [4.78, 5) is 13.9. The van der Waals surface area contributed by atoms with Gasteiger partial charge in [-0.05, 0) is 35.4 Å². The maximum absolute atomic E-state index is 13.4. The summed E-state index contributed by atoms with van der Waals surface area (Å²) in [6.07, 6.45) is -0.108. The molecule has 2 aromatic carbocycles. The molecule has 1 heterocycles. The molecule has 0 spiro atoms. The molecule has 1 saturated heterocycles. The van der Waals surface area contributed by atoms with Crippen molar-refractivity contribution in [3.63, 3.8) is 0 Å². The van der Waals surface area contributed by atoms with E-state index in [1.54, 1.807) is 24.1 Å². The SMILES string of the molecule is CN(C[C@H]1COCCO1)C(=O)Nc1cccc(-c2cccc(F)c2)c1. The van der Waals surface area contributed by atoms with Crippen molar-refractivity contribution in [1.29, 1.82) is 0 Å². The molecule has 0 aromatic heterocycles. The van der Waals surface area contributed by atoms with Crippen LogP contribution in [0.4, 0.5) is 14.9 Å². The Morgan fingerprint density at radius 2 is 1.96 bits per heavy atom. The molecule has 1 N–H and O–H groups in total. The molecule has 5 nitrogen and oxygen atoms in total. The van der Waals surface area contributed by atoms with Gasteiger partial charge in [0.25, 0.3) is 0 Å². The van der Waals surface area contributed by atoms with Crippen LogP contribution >= 0.6 is 0 Å². The van der Waals surface area contributed by atoms with Crippen LogP contribution in [0.25, 0.3) is 11.1 Å². The smallest absolute Gasteiger partial charge is 0.321 e. The van der Waals surface area contributed by atoms with E-state index in [-0.39, 0.29) is 18.0 Å². The molecule has 0 unspecified atom stereocenters. The molecule has 1 aliphatic rings.